The van der Waals surface area contributed by atoms with Gasteiger partial charge in [0.05, 0.1) is 7.11 Å². The Morgan fingerprint density at radius 2 is 2.05 bits per heavy atom. The van der Waals surface area contributed by atoms with Crippen LogP contribution in [0.15, 0.2) is 24.3 Å². The Balaban J connectivity index is 1.94. The number of carbonyl (C=O) groups is 1. The second kappa shape index (κ2) is 5.90. The van der Waals surface area contributed by atoms with Crippen molar-refractivity contribution in [3.8, 4) is 0 Å². The molecule has 2 N–H and O–H groups in total. The second-order valence-electron chi connectivity index (χ2n) is 5.02. The summed E-state index contributed by atoms with van der Waals surface area (Å²) in [5.41, 5.74) is 6.35. The molecule has 1 aromatic carbocycles. The third-order valence-electron chi connectivity index (χ3n) is 3.69. The second-order valence-corrected chi connectivity index (χ2v) is 5.42. The number of likely N-dealkylation sites (tertiary alicyclic amines) is 1. The summed E-state index contributed by atoms with van der Waals surface area (Å²) < 4.78 is 4.76. The first-order valence-electron chi connectivity index (χ1n) is 6.38. The molecule has 0 unspecified atom stereocenters. The van der Waals surface area contributed by atoms with Crippen LogP contribution in [0.4, 0.5) is 0 Å². The third-order valence-corrected chi connectivity index (χ3v) is 4.06. The van der Waals surface area contributed by atoms with Gasteiger partial charge in [0.15, 0.2) is 0 Å². The number of benzene rings is 1. The van der Waals surface area contributed by atoms with Crippen LogP contribution in [0.1, 0.15) is 18.4 Å². The lowest BCUT2D eigenvalue weighted by Crippen LogP contribution is -2.55. The molecule has 0 amide bonds. The minimum Gasteiger partial charge on any atom is -0.468 e. The zero-order valence-electron chi connectivity index (χ0n) is 11.1. The Kier molecular flexibility index (Phi) is 4.45. The van der Waals surface area contributed by atoms with Gasteiger partial charge in [-0.15, -0.1) is 0 Å². The lowest BCUT2D eigenvalue weighted by Gasteiger charge is -2.37. The number of methoxy groups -OCH3 is 1. The minimum absolute atomic E-state index is 0.315. The van der Waals surface area contributed by atoms with E-state index in [9.17, 15) is 4.79 Å². The first-order chi connectivity index (χ1) is 9.05. The smallest absolute Gasteiger partial charge is 0.325 e. The fourth-order valence-electron chi connectivity index (χ4n) is 2.39. The molecule has 1 fully saturated rings. The van der Waals surface area contributed by atoms with Crippen LogP contribution >= 0.6 is 11.6 Å². The standard InChI is InChI=1S/C14H19ClN2O2/c1-19-13(18)14(16)6-8-17(9-7-14)10-11-4-2-3-5-12(11)15/h2-5H,6-10,16H2,1H3. The molecule has 0 spiro atoms. The van der Waals surface area contributed by atoms with Crippen molar-refractivity contribution in [1.29, 1.82) is 0 Å². The first kappa shape index (κ1) is 14.3. The van der Waals surface area contributed by atoms with Gasteiger partial charge < -0.3 is 10.5 Å². The number of nitrogens with zero attached hydrogens (tertiary/aromatic N) is 1. The first-order valence-corrected chi connectivity index (χ1v) is 6.76. The van der Waals surface area contributed by atoms with Crippen molar-refractivity contribution in [3.63, 3.8) is 0 Å². The number of carbonyl (C=O) groups excluding carboxylic acids is 1. The molecule has 0 radical (unpaired) electrons. The van der Waals surface area contributed by atoms with Crippen molar-refractivity contribution in [1.82, 2.24) is 4.90 Å². The van der Waals surface area contributed by atoms with Crippen LogP contribution in [0.2, 0.25) is 5.02 Å². The summed E-state index contributed by atoms with van der Waals surface area (Å²) in [6, 6.07) is 7.81. The summed E-state index contributed by atoms with van der Waals surface area (Å²) in [5, 5.41) is 0.778. The van der Waals surface area contributed by atoms with Gasteiger partial charge in [0.1, 0.15) is 5.54 Å². The van der Waals surface area contributed by atoms with E-state index in [0.717, 1.165) is 30.2 Å². The predicted molar refractivity (Wildman–Crippen MR) is 74.9 cm³/mol. The van der Waals surface area contributed by atoms with Gasteiger partial charge in [-0.3, -0.25) is 9.69 Å². The van der Waals surface area contributed by atoms with E-state index in [0.29, 0.717) is 12.8 Å². The Hall–Kier alpha value is -1.10. The van der Waals surface area contributed by atoms with Crippen molar-refractivity contribution in [2.24, 2.45) is 5.73 Å². The molecule has 4 nitrogen and oxygen atoms in total. The van der Waals surface area contributed by atoms with Crippen molar-refractivity contribution < 1.29 is 9.53 Å². The van der Waals surface area contributed by atoms with Crippen molar-refractivity contribution in [3.05, 3.63) is 34.9 Å². The number of esters is 1. The lowest BCUT2D eigenvalue weighted by atomic mass is 9.88. The molecule has 19 heavy (non-hydrogen) atoms. The zero-order valence-corrected chi connectivity index (χ0v) is 11.8. The summed E-state index contributed by atoms with van der Waals surface area (Å²) >= 11 is 6.15. The van der Waals surface area contributed by atoms with E-state index < -0.39 is 5.54 Å². The maximum atomic E-state index is 11.6. The van der Waals surface area contributed by atoms with Gasteiger partial charge in [-0.1, -0.05) is 29.8 Å². The summed E-state index contributed by atoms with van der Waals surface area (Å²) in [4.78, 5) is 13.9. The summed E-state index contributed by atoms with van der Waals surface area (Å²) in [6.45, 7) is 2.34. The van der Waals surface area contributed by atoms with E-state index in [1.807, 2.05) is 24.3 Å². The van der Waals surface area contributed by atoms with E-state index in [-0.39, 0.29) is 5.97 Å². The Morgan fingerprint density at radius 3 is 2.63 bits per heavy atom. The SMILES string of the molecule is COC(=O)C1(N)CCN(Cc2ccccc2Cl)CC1. The summed E-state index contributed by atoms with van der Waals surface area (Å²) in [6.07, 6.45) is 1.23. The number of nitrogens with two attached hydrogens (primary N) is 1. The van der Waals surface area contributed by atoms with Crippen LogP contribution in [0, 0.1) is 0 Å². The fourth-order valence-corrected chi connectivity index (χ4v) is 2.58. The molecule has 0 saturated carbocycles. The maximum absolute atomic E-state index is 11.6. The van der Waals surface area contributed by atoms with Gasteiger partial charge in [-0.25, -0.2) is 0 Å². The molecule has 0 aliphatic carbocycles. The van der Waals surface area contributed by atoms with Crippen LogP contribution in [0.25, 0.3) is 0 Å². The molecule has 0 atom stereocenters. The number of hydrogen-bond acceptors (Lipinski definition) is 4. The molecule has 0 bridgehead atoms. The van der Waals surface area contributed by atoms with E-state index in [1.54, 1.807) is 0 Å². The van der Waals surface area contributed by atoms with Crippen LogP contribution in [0.5, 0.6) is 0 Å². The number of ether oxygens (including phenoxy) is 1. The molecule has 1 aromatic rings. The maximum Gasteiger partial charge on any atom is 0.325 e. The predicted octanol–water partition coefficient (Wildman–Crippen LogP) is 1.81. The van der Waals surface area contributed by atoms with Crippen LogP contribution in [0.3, 0.4) is 0 Å². The van der Waals surface area contributed by atoms with E-state index in [2.05, 4.69) is 4.90 Å². The molecule has 1 aliphatic rings. The van der Waals surface area contributed by atoms with Gasteiger partial charge in [-0.2, -0.15) is 0 Å². The van der Waals surface area contributed by atoms with E-state index in [1.165, 1.54) is 7.11 Å². The van der Waals surface area contributed by atoms with Gasteiger partial charge >= 0.3 is 5.97 Å². The van der Waals surface area contributed by atoms with Gasteiger partial charge in [0, 0.05) is 24.7 Å². The minimum atomic E-state index is -0.828. The van der Waals surface area contributed by atoms with Crippen molar-refractivity contribution in [2.75, 3.05) is 20.2 Å². The Labute approximate surface area is 118 Å². The molecule has 1 saturated heterocycles. The molecule has 1 aliphatic heterocycles. The zero-order chi connectivity index (χ0) is 13.9. The largest absolute Gasteiger partial charge is 0.468 e. The number of halogens is 1. The molecule has 1 heterocycles. The normalized spacial score (nSPS) is 19.1. The van der Waals surface area contributed by atoms with E-state index in [4.69, 9.17) is 22.1 Å². The van der Waals surface area contributed by atoms with Crippen molar-refractivity contribution >= 4 is 17.6 Å². The van der Waals surface area contributed by atoms with E-state index >= 15 is 0 Å². The highest BCUT2D eigenvalue weighted by atomic mass is 35.5. The van der Waals surface area contributed by atoms with Crippen LogP contribution < -0.4 is 5.73 Å². The summed E-state index contributed by atoms with van der Waals surface area (Å²) in [7, 11) is 1.38. The number of piperidine rings is 1. The fraction of sp³-hybridized carbons (Fsp3) is 0.500. The quantitative estimate of drug-likeness (QED) is 0.859. The average molecular weight is 283 g/mol. The van der Waals surface area contributed by atoms with Crippen molar-refractivity contribution in [2.45, 2.75) is 24.9 Å². The highest BCUT2D eigenvalue weighted by Crippen LogP contribution is 2.24. The van der Waals surface area contributed by atoms with Gasteiger partial charge in [0.2, 0.25) is 0 Å². The highest BCUT2D eigenvalue weighted by molar-refractivity contribution is 6.31. The number of rotatable bonds is 3. The Morgan fingerprint density at radius 1 is 1.42 bits per heavy atom. The van der Waals surface area contributed by atoms with Gasteiger partial charge in [-0.05, 0) is 24.5 Å². The number of hydrogen-bond donors (Lipinski definition) is 1. The van der Waals surface area contributed by atoms with Gasteiger partial charge in [0.25, 0.3) is 0 Å². The topological polar surface area (TPSA) is 55.6 Å². The molecular formula is C14H19ClN2O2. The molecule has 104 valence electrons. The molecule has 0 aromatic heterocycles. The molecule has 5 heteroatoms. The summed E-state index contributed by atoms with van der Waals surface area (Å²) in [5.74, 6) is -0.315. The monoisotopic (exact) mass is 282 g/mol. The molecular weight excluding hydrogens is 264 g/mol. The average Bonchev–Trinajstić information content (AvgIpc) is 2.43. The highest BCUT2D eigenvalue weighted by Gasteiger charge is 2.38. The van der Waals surface area contributed by atoms with Crippen LogP contribution in [-0.2, 0) is 16.1 Å². The molecule has 2 rings (SSSR count). The lowest BCUT2D eigenvalue weighted by molar-refractivity contribution is -0.149. The van der Waals surface area contributed by atoms with Crippen LogP contribution in [-0.4, -0.2) is 36.6 Å². The Bertz CT molecular complexity index is 457. The third kappa shape index (κ3) is 3.26.